The minimum Gasteiger partial charge on any atom is -0.325 e. The maximum absolute atomic E-state index is 13.7. The molecule has 0 saturated carbocycles. The zero-order valence-corrected chi connectivity index (χ0v) is 22.4. The highest BCUT2D eigenvalue weighted by atomic mass is 32.2. The van der Waals surface area contributed by atoms with Gasteiger partial charge in [0.1, 0.15) is 4.83 Å². The lowest BCUT2D eigenvalue weighted by Gasteiger charge is -2.18. The molecule has 0 aliphatic heterocycles. The third kappa shape index (κ3) is 5.39. The summed E-state index contributed by atoms with van der Waals surface area (Å²) in [6.07, 6.45) is 5.15. The monoisotopic (exact) mass is 498 g/mol. The van der Waals surface area contributed by atoms with Gasteiger partial charge in [0.25, 0.3) is 5.56 Å². The molecule has 1 aliphatic rings. The number of hydrogen-bond acceptors (Lipinski definition) is 6. The second-order valence-corrected chi connectivity index (χ2v) is 11.9. The van der Waals surface area contributed by atoms with E-state index in [1.165, 1.54) is 28.6 Å². The first-order valence-electron chi connectivity index (χ1n) is 12.0. The van der Waals surface area contributed by atoms with Gasteiger partial charge in [-0.05, 0) is 96.3 Å². The van der Waals surface area contributed by atoms with Gasteiger partial charge >= 0.3 is 0 Å². The molecule has 182 valence electrons. The van der Waals surface area contributed by atoms with Gasteiger partial charge in [0.05, 0.1) is 10.6 Å². The van der Waals surface area contributed by atoms with Crippen LogP contribution in [0.2, 0.25) is 0 Å². The molecule has 6 nitrogen and oxygen atoms in total. The summed E-state index contributed by atoms with van der Waals surface area (Å²) in [7, 11) is 4.07. The van der Waals surface area contributed by atoms with Crippen LogP contribution >= 0.6 is 23.1 Å². The number of aromatic nitrogens is 2. The minimum absolute atomic E-state index is 0.0489. The second-order valence-electron chi connectivity index (χ2n) is 9.47. The van der Waals surface area contributed by atoms with E-state index < -0.39 is 0 Å². The average Bonchev–Trinajstić information content (AvgIpc) is 3.16. The number of thiophene rings is 1. The molecule has 1 N–H and O–H groups in total. The van der Waals surface area contributed by atoms with E-state index in [0.717, 1.165) is 59.3 Å². The number of nitrogens with one attached hydrogen (secondary N) is 1. The standard InChI is InChI=1S/C26H34N4O2S2/c1-16-11-12-17(2)20(15-16)27-23(31)18(3)33-26-28-24-22(19-9-6-7-10-21(19)34-24)25(32)30(26)14-8-13-29(4)5/h11-12,15,18H,6-10,13-14H2,1-5H3,(H,27,31). The third-order valence-electron chi connectivity index (χ3n) is 6.33. The fourth-order valence-corrected chi connectivity index (χ4v) is 6.61. The number of fused-ring (bicyclic) bond motifs is 3. The van der Waals surface area contributed by atoms with Crippen molar-refractivity contribution >= 4 is 44.9 Å². The number of carbonyl (C=O) groups excluding carboxylic acids is 1. The van der Waals surface area contributed by atoms with E-state index in [0.29, 0.717) is 11.7 Å². The number of hydrogen-bond donors (Lipinski definition) is 1. The molecule has 1 unspecified atom stereocenters. The van der Waals surface area contributed by atoms with E-state index in [-0.39, 0.29) is 16.7 Å². The number of nitrogens with zero attached hydrogens (tertiary/aromatic N) is 3. The van der Waals surface area contributed by atoms with Gasteiger partial charge in [-0.3, -0.25) is 14.2 Å². The van der Waals surface area contributed by atoms with Gasteiger partial charge < -0.3 is 10.2 Å². The lowest BCUT2D eigenvalue weighted by molar-refractivity contribution is -0.115. The number of thioether (sulfide) groups is 1. The quantitative estimate of drug-likeness (QED) is 0.349. The Bertz CT molecular complexity index is 1260. The first-order valence-corrected chi connectivity index (χ1v) is 13.7. The average molecular weight is 499 g/mol. The molecule has 4 rings (SSSR count). The Kier molecular flexibility index (Phi) is 7.80. The molecule has 1 aliphatic carbocycles. The molecule has 1 atom stereocenters. The summed E-state index contributed by atoms with van der Waals surface area (Å²) in [5.74, 6) is -0.0849. The normalized spacial score (nSPS) is 14.4. The molecule has 0 radical (unpaired) electrons. The van der Waals surface area contributed by atoms with Gasteiger partial charge in [-0.1, -0.05) is 23.9 Å². The van der Waals surface area contributed by atoms with Gasteiger partial charge in [-0.15, -0.1) is 11.3 Å². The van der Waals surface area contributed by atoms with Crippen molar-refractivity contribution in [3.63, 3.8) is 0 Å². The zero-order valence-electron chi connectivity index (χ0n) is 20.7. The Morgan fingerprint density at radius 2 is 2.03 bits per heavy atom. The van der Waals surface area contributed by atoms with Crippen LogP contribution in [-0.4, -0.2) is 46.2 Å². The predicted molar refractivity (Wildman–Crippen MR) is 144 cm³/mol. The molecule has 2 heterocycles. The third-order valence-corrected chi connectivity index (χ3v) is 8.61. The lowest BCUT2D eigenvalue weighted by Crippen LogP contribution is -2.28. The van der Waals surface area contributed by atoms with Crippen LogP contribution < -0.4 is 10.9 Å². The lowest BCUT2D eigenvalue weighted by atomic mass is 9.97. The van der Waals surface area contributed by atoms with Crippen molar-refractivity contribution < 1.29 is 4.79 Å². The van der Waals surface area contributed by atoms with Crippen LogP contribution in [0.1, 0.15) is 47.8 Å². The van der Waals surface area contributed by atoms with E-state index in [9.17, 15) is 9.59 Å². The minimum atomic E-state index is -0.390. The summed E-state index contributed by atoms with van der Waals surface area (Å²) in [6.45, 7) is 7.37. The van der Waals surface area contributed by atoms with Crippen molar-refractivity contribution in [2.24, 2.45) is 0 Å². The highest BCUT2D eigenvalue weighted by Crippen LogP contribution is 2.35. The molecule has 0 bridgehead atoms. The largest absolute Gasteiger partial charge is 0.325 e. The zero-order chi connectivity index (χ0) is 24.4. The molecule has 34 heavy (non-hydrogen) atoms. The number of carbonyl (C=O) groups is 1. The van der Waals surface area contributed by atoms with Gasteiger partial charge in [0, 0.05) is 17.1 Å². The van der Waals surface area contributed by atoms with Crippen LogP contribution in [0.5, 0.6) is 0 Å². The van der Waals surface area contributed by atoms with Crippen molar-refractivity contribution in [1.82, 2.24) is 14.5 Å². The summed E-state index contributed by atoms with van der Waals surface area (Å²) in [5, 5.41) is 4.12. The predicted octanol–water partition coefficient (Wildman–Crippen LogP) is 5.02. The first-order chi connectivity index (χ1) is 16.2. The van der Waals surface area contributed by atoms with Crippen molar-refractivity contribution in [2.75, 3.05) is 26.0 Å². The van der Waals surface area contributed by atoms with Crippen LogP contribution in [0.4, 0.5) is 5.69 Å². The maximum Gasteiger partial charge on any atom is 0.263 e. The van der Waals surface area contributed by atoms with Crippen LogP contribution in [0.3, 0.4) is 0 Å². The number of anilines is 1. The fourth-order valence-electron chi connectivity index (χ4n) is 4.37. The Morgan fingerprint density at radius 1 is 1.26 bits per heavy atom. The topological polar surface area (TPSA) is 67.2 Å². The molecule has 8 heteroatoms. The summed E-state index contributed by atoms with van der Waals surface area (Å²) >= 11 is 3.03. The SMILES string of the molecule is Cc1ccc(C)c(NC(=O)C(C)Sc2nc3sc4c(c3c(=O)n2CCCN(C)C)CCCC4)c1. The Balaban J connectivity index is 1.64. The van der Waals surface area contributed by atoms with E-state index in [1.54, 1.807) is 15.9 Å². The van der Waals surface area contributed by atoms with E-state index in [1.807, 2.05) is 53.1 Å². The highest BCUT2D eigenvalue weighted by Gasteiger charge is 2.24. The fraction of sp³-hybridized carbons (Fsp3) is 0.500. The first kappa shape index (κ1) is 24.9. The van der Waals surface area contributed by atoms with Crippen LogP contribution in [0, 0.1) is 13.8 Å². The summed E-state index contributed by atoms with van der Waals surface area (Å²) < 4.78 is 1.81. The molecule has 1 amide bonds. The molecule has 2 aromatic heterocycles. The molecule has 3 aromatic rings. The van der Waals surface area contributed by atoms with Crippen molar-refractivity contribution in [3.8, 4) is 0 Å². The summed E-state index contributed by atoms with van der Waals surface area (Å²) in [6, 6.07) is 6.04. The number of aryl methyl sites for hydroxylation is 4. The number of rotatable bonds is 8. The van der Waals surface area contributed by atoms with E-state index in [2.05, 4.69) is 10.2 Å². The molecular formula is C26H34N4O2S2. The highest BCUT2D eigenvalue weighted by molar-refractivity contribution is 8.00. The Hall–Kier alpha value is -2.16. The molecule has 0 fully saturated rings. The van der Waals surface area contributed by atoms with E-state index >= 15 is 0 Å². The molecule has 0 spiro atoms. The second kappa shape index (κ2) is 10.6. The van der Waals surface area contributed by atoms with Crippen molar-refractivity contribution in [3.05, 3.63) is 50.1 Å². The smallest absolute Gasteiger partial charge is 0.263 e. The van der Waals surface area contributed by atoms with Crippen molar-refractivity contribution in [2.45, 2.75) is 69.8 Å². The van der Waals surface area contributed by atoms with Crippen LogP contribution in [-0.2, 0) is 24.2 Å². The van der Waals surface area contributed by atoms with Crippen molar-refractivity contribution in [1.29, 1.82) is 0 Å². The van der Waals surface area contributed by atoms with E-state index in [4.69, 9.17) is 4.98 Å². The molecular weight excluding hydrogens is 464 g/mol. The van der Waals surface area contributed by atoms with Gasteiger partial charge in [0.2, 0.25) is 5.91 Å². The van der Waals surface area contributed by atoms with Gasteiger partial charge in [-0.2, -0.15) is 0 Å². The van der Waals surface area contributed by atoms with Gasteiger partial charge in [0.15, 0.2) is 5.16 Å². The number of amides is 1. The maximum atomic E-state index is 13.7. The van der Waals surface area contributed by atoms with Gasteiger partial charge in [-0.25, -0.2) is 4.98 Å². The number of benzene rings is 1. The molecule has 0 saturated heterocycles. The summed E-state index contributed by atoms with van der Waals surface area (Å²) in [5.41, 5.74) is 4.22. The van der Waals surface area contributed by atoms with Crippen LogP contribution in [0.15, 0.2) is 28.2 Å². The molecule has 1 aromatic carbocycles. The Morgan fingerprint density at radius 3 is 2.79 bits per heavy atom. The van der Waals surface area contributed by atoms with Crippen LogP contribution in [0.25, 0.3) is 10.2 Å². The Labute approximate surface area is 209 Å². The summed E-state index contributed by atoms with van der Waals surface area (Å²) in [4.78, 5) is 35.9.